The fourth-order valence-electron chi connectivity index (χ4n) is 1.90. The van der Waals surface area contributed by atoms with E-state index >= 15 is 0 Å². The number of pyridine rings is 1. The van der Waals surface area contributed by atoms with Crippen LogP contribution in [0.3, 0.4) is 0 Å². The fraction of sp³-hybridized carbons (Fsp3) is 0.435. The summed E-state index contributed by atoms with van der Waals surface area (Å²) in [5.74, 6) is -1.95. The van der Waals surface area contributed by atoms with Gasteiger partial charge < -0.3 is 9.47 Å². The van der Waals surface area contributed by atoms with Crippen LogP contribution in [-0.4, -0.2) is 16.9 Å². The van der Waals surface area contributed by atoms with Crippen molar-refractivity contribution in [3.63, 3.8) is 0 Å². The number of halogens is 2. The molecule has 0 unspecified atom stereocenters. The molecule has 0 N–H and O–H groups in total. The Bertz CT molecular complexity index is 820. The maximum atomic E-state index is 12.8. The third-order valence-electron chi connectivity index (χ3n) is 3.64. The van der Waals surface area contributed by atoms with Gasteiger partial charge in [-0.05, 0) is 76.9 Å². The predicted molar refractivity (Wildman–Crippen MR) is 109 cm³/mol. The Morgan fingerprint density at radius 3 is 1.57 bits per heavy atom. The molecule has 0 radical (unpaired) electrons. The van der Waals surface area contributed by atoms with E-state index in [1.807, 2.05) is 32.9 Å². The summed E-state index contributed by atoms with van der Waals surface area (Å²) in [4.78, 5) is 26.7. The van der Waals surface area contributed by atoms with Gasteiger partial charge in [-0.3, -0.25) is 14.6 Å². The lowest BCUT2D eigenvalue weighted by atomic mass is 9.97. The maximum Gasteiger partial charge on any atom is 0.311 e. The number of rotatable bonds is 4. The van der Waals surface area contributed by atoms with Crippen molar-refractivity contribution < 1.29 is 27.8 Å². The van der Waals surface area contributed by atoms with Crippen LogP contribution in [0.5, 0.6) is 0 Å². The van der Waals surface area contributed by atoms with Crippen molar-refractivity contribution in [2.24, 2.45) is 10.8 Å². The number of aromatic nitrogens is 1. The Kier molecular flexibility index (Phi) is 9.08. The number of hydrogen-bond donors (Lipinski definition) is 0. The van der Waals surface area contributed by atoms with Crippen LogP contribution in [0.1, 0.15) is 52.7 Å². The van der Waals surface area contributed by atoms with E-state index in [-0.39, 0.29) is 12.6 Å². The van der Waals surface area contributed by atoms with E-state index in [2.05, 4.69) is 4.98 Å². The minimum absolute atomic E-state index is 0.120. The second kappa shape index (κ2) is 10.8. The molecule has 164 valence electrons. The molecule has 1 heterocycles. The highest BCUT2D eigenvalue weighted by molar-refractivity contribution is 5.75. The topological polar surface area (TPSA) is 65.5 Å². The Hall–Kier alpha value is -2.83. The second-order valence-corrected chi connectivity index (χ2v) is 8.79. The van der Waals surface area contributed by atoms with Gasteiger partial charge >= 0.3 is 11.9 Å². The van der Waals surface area contributed by atoms with E-state index in [9.17, 15) is 18.4 Å². The quantitative estimate of drug-likeness (QED) is 0.633. The summed E-state index contributed by atoms with van der Waals surface area (Å²) in [7, 11) is 0. The zero-order chi connectivity index (χ0) is 22.9. The smallest absolute Gasteiger partial charge is 0.311 e. The number of nitrogens with zero attached hydrogens (tertiary/aromatic N) is 1. The summed E-state index contributed by atoms with van der Waals surface area (Å²) in [5, 5.41) is 0. The minimum atomic E-state index is -0.679. The molecule has 0 spiro atoms. The number of carbonyl (C=O) groups is 2. The van der Waals surface area contributed by atoms with E-state index in [0.717, 1.165) is 23.8 Å². The summed E-state index contributed by atoms with van der Waals surface area (Å²) in [5.41, 5.74) is 0.200. The van der Waals surface area contributed by atoms with E-state index in [0.29, 0.717) is 12.2 Å². The van der Waals surface area contributed by atoms with Crippen molar-refractivity contribution in [3.05, 3.63) is 65.5 Å². The molecule has 2 aromatic rings. The molecule has 0 saturated carbocycles. The van der Waals surface area contributed by atoms with Crippen LogP contribution < -0.4 is 0 Å². The van der Waals surface area contributed by atoms with Gasteiger partial charge in [0.15, 0.2) is 0 Å². The Balaban J connectivity index is 0.000000303. The van der Waals surface area contributed by atoms with Gasteiger partial charge in [-0.2, -0.15) is 0 Å². The number of ether oxygens (including phenoxy) is 2. The highest BCUT2D eigenvalue weighted by Gasteiger charge is 2.23. The van der Waals surface area contributed by atoms with E-state index in [4.69, 9.17) is 9.47 Å². The molecule has 0 amide bonds. The van der Waals surface area contributed by atoms with Crippen LogP contribution in [0.25, 0.3) is 0 Å². The molecular formula is C23H29F2NO4. The van der Waals surface area contributed by atoms with Gasteiger partial charge in [-0.15, -0.1) is 0 Å². The van der Waals surface area contributed by atoms with Crippen LogP contribution in [-0.2, 0) is 32.3 Å². The zero-order valence-electron chi connectivity index (χ0n) is 18.3. The van der Waals surface area contributed by atoms with E-state index in [1.165, 1.54) is 0 Å². The lowest BCUT2D eigenvalue weighted by Gasteiger charge is -2.16. The van der Waals surface area contributed by atoms with Crippen LogP contribution in [0, 0.1) is 22.5 Å². The van der Waals surface area contributed by atoms with Gasteiger partial charge in [0.25, 0.3) is 0 Å². The van der Waals surface area contributed by atoms with Crippen molar-refractivity contribution in [1.29, 1.82) is 0 Å². The monoisotopic (exact) mass is 421 g/mol. The van der Waals surface area contributed by atoms with Crippen LogP contribution >= 0.6 is 0 Å². The van der Waals surface area contributed by atoms with Crippen molar-refractivity contribution in [1.82, 2.24) is 4.98 Å². The molecule has 7 heteroatoms. The third kappa shape index (κ3) is 9.58. The van der Waals surface area contributed by atoms with Crippen molar-refractivity contribution in [3.8, 4) is 0 Å². The van der Waals surface area contributed by atoms with Crippen molar-refractivity contribution in [2.45, 2.75) is 54.8 Å². The highest BCUT2D eigenvalue weighted by Crippen LogP contribution is 2.17. The third-order valence-corrected chi connectivity index (χ3v) is 3.64. The average molecular weight is 421 g/mol. The molecule has 0 aliphatic rings. The zero-order valence-corrected chi connectivity index (χ0v) is 18.3. The standard InChI is InChI=1S/C12H14F2O2.C11H15NO2/c1-12(2,3)11(15)16-7-8-4-9(13)6-10(14)5-8;1-11(2,3)10(13)14-8-9-4-6-12-7-5-9/h4-6H,7H2,1-3H3;4-7H,8H2,1-3H3. The number of benzene rings is 1. The van der Waals surface area contributed by atoms with Crippen molar-refractivity contribution >= 4 is 11.9 Å². The maximum absolute atomic E-state index is 12.8. The van der Waals surface area contributed by atoms with Gasteiger partial charge in [0.2, 0.25) is 0 Å². The van der Waals surface area contributed by atoms with Crippen LogP contribution in [0.15, 0.2) is 42.7 Å². The first-order chi connectivity index (χ1) is 13.8. The van der Waals surface area contributed by atoms with Crippen LogP contribution in [0.4, 0.5) is 8.78 Å². The van der Waals surface area contributed by atoms with Crippen LogP contribution in [0.2, 0.25) is 0 Å². The second-order valence-electron chi connectivity index (χ2n) is 8.79. The Labute approximate surface area is 176 Å². The SMILES string of the molecule is CC(C)(C)C(=O)OCc1cc(F)cc(F)c1.CC(C)(C)C(=O)OCc1ccncc1. The molecular weight excluding hydrogens is 392 g/mol. The molecule has 1 aromatic carbocycles. The summed E-state index contributed by atoms with van der Waals surface area (Å²) in [6.07, 6.45) is 3.36. The summed E-state index contributed by atoms with van der Waals surface area (Å²) < 4.78 is 35.7. The average Bonchev–Trinajstić information content (AvgIpc) is 2.63. The summed E-state index contributed by atoms with van der Waals surface area (Å²) in [6.45, 7) is 10.8. The minimum Gasteiger partial charge on any atom is -0.460 e. The summed E-state index contributed by atoms with van der Waals surface area (Å²) in [6, 6.07) is 6.71. The predicted octanol–water partition coefficient (Wildman–Crippen LogP) is 5.23. The largest absolute Gasteiger partial charge is 0.460 e. The first-order valence-corrected chi connectivity index (χ1v) is 9.47. The fourth-order valence-corrected chi connectivity index (χ4v) is 1.90. The highest BCUT2D eigenvalue weighted by atomic mass is 19.1. The van der Waals surface area contributed by atoms with E-state index < -0.39 is 28.4 Å². The summed E-state index contributed by atoms with van der Waals surface area (Å²) >= 11 is 0. The normalized spacial score (nSPS) is 11.2. The van der Waals surface area contributed by atoms with E-state index in [1.54, 1.807) is 33.2 Å². The lowest BCUT2D eigenvalue weighted by molar-refractivity contribution is -0.155. The Morgan fingerprint density at radius 2 is 1.17 bits per heavy atom. The molecule has 0 aliphatic heterocycles. The number of hydrogen-bond acceptors (Lipinski definition) is 5. The van der Waals surface area contributed by atoms with Gasteiger partial charge in [0.05, 0.1) is 10.8 Å². The number of carbonyl (C=O) groups excluding carboxylic acids is 2. The molecule has 5 nitrogen and oxygen atoms in total. The molecule has 2 rings (SSSR count). The first-order valence-electron chi connectivity index (χ1n) is 9.47. The molecule has 0 aliphatic carbocycles. The van der Waals surface area contributed by atoms with Gasteiger partial charge in [-0.25, -0.2) is 8.78 Å². The van der Waals surface area contributed by atoms with Gasteiger partial charge in [0, 0.05) is 18.5 Å². The van der Waals surface area contributed by atoms with Crippen molar-refractivity contribution in [2.75, 3.05) is 0 Å². The lowest BCUT2D eigenvalue weighted by Crippen LogP contribution is -2.22. The van der Waals surface area contributed by atoms with Gasteiger partial charge in [0.1, 0.15) is 24.8 Å². The molecule has 0 saturated heterocycles. The molecule has 30 heavy (non-hydrogen) atoms. The first kappa shape index (κ1) is 25.2. The van der Waals surface area contributed by atoms with Gasteiger partial charge in [-0.1, -0.05) is 0 Å². The molecule has 0 atom stereocenters. The number of esters is 2. The Morgan fingerprint density at radius 1 is 0.767 bits per heavy atom. The molecule has 0 fully saturated rings. The molecule has 0 bridgehead atoms. The molecule has 1 aromatic heterocycles.